The van der Waals surface area contributed by atoms with Gasteiger partial charge in [0.25, 0.3) is 5.69 Å². The molecule has 0 fully saturated rings. The fourth-order valence-corrected chi connectivity index (χ4v) is 2.30. The van der Waals surface area contributed by atoms with Gasteiger partial charge in [-0.25, -0.2) is 0 Å². The fourth-order valence-electron chi connectivity index (χ4n) is 1.86. The van der Waals surface area contributed by atoms with Crippen LogP contribution in [0.1, 0.15) is 18.9 Å². The van der Waals surface area contributed by atoms with Crippen molar-refractivity contribution in [2.45, 2.75) is 19.9 Å². The van der Waals surface area contributed by atoms with E-state index in [0.717, 1.165) is 27.8 Å². The molecule has 1 aromatic heterocycles. The van der Waals surface area contributed by atoms with Crippen LogP contribution in [0, 0.1) is 13.7 Å². The summed E-state index contributed by atoms with van der Waals surface area (Å²) >= 11 is 2.18. The third kappa shape index (κ3) is 3.69. The van der Waals surface area contributed by atoms with Gasteiger partial charge in [-0.15, -0.1) is 0 Å². The van der Waals surface area contributed by atoms with Gasteiger partial charge in [-0.05, 0) is 35.1 Å². The van der Waals surface area contributed by atoms with Crippen molar-refractivity contribution in [1.82, 2.24) is 9.78 Å². The zero-order chi connectivity index (χ0) is 14.5. The topological polar surface area (TPSA) is 73.0 Å². The molecule has 0 aliphatic heterocycles. The summed E-state index contributed by atoms with van der Waals surface area (Å²) in [5, 5.41) is 18.4. The van der Waals surface area contributed by atoms with Crippen molar-refractivity contribution in [2.75, 3.05) is 11.9 Å². The van der Waals surface area contributed by atoms with Crippen LogP contribution < -0.4 is 5.32 Å². The van der Waals surface area contributed by atoms with Crippen molar-refractivity contribution >= 4 is 34.0 Å². The number of nitrogens with one attached hydrogen (secondary N) is 1. The number of anilines is 1. The third-order valence-corrected chi connectivity index (χ3v) is 3.36. The second-order valence-corrected chi connectivity index (χ2v) is 5.63. The van der Waals surface area contributed by atoms with Gasteiger partial charge in [0.15, 0.2) is 0 Å². The molecule has 6 nitrogen and oxygen atoms in total. The minimum Gasteiger partial charge on any atom is -0.385 e. The molecule has 20 heavy (non-hydrogen) atoms. The maximum Gasteiger partial charge on any atom is 0.269 e. The van der Waals surface area contributed by atoms with Gasteiger partial charge in [0.1, 0.15) is 0 Å². The van der Waals surface area contributed by atoms with Crippen LogP contribution in [0.4, 0.5) is 11.4 Å². The molecule has 1 N–H and O–H groups in total. The number of benzene rings is 1. The van der Waals surface area contributed by atoms with E-state index >= 15 is 0 Å². The Hall–Kier alpha value is -1.64. The lowest BCUT2D eigenvalue weighted by Gasteiger charge is -2.11. The number of aromatic nitrogens is 2. The van der Waals surface area contributed by atoms with Gasteiger partial charge in [0, 0.05) is 36.1 Å². The zero-order valence-corrected chi connectivity index (χ0v) is 13.2. The van der Waals surface area contributed by atoms with Crippen molar-refractivity contribution in [2.24, 2.45) is 0 Å². The van der Waals surface area contributed by atoms with Crippen LogP contribution in [0.15, 0.2) is 30.6 Å². The first-order chi connectivity index (χ1) is 9.60. The molecule has 0 saturated heterocycles. The minimum atomic E-state index is -0.375. The van der Waals surface area contributed by atoms with E-state index in [0.29, 0.717) is 6.54 Å². The SMILES string of the molecule is CCCNc1ccc([N+](=O)[O-])cc1Cn1cc(I)cn1. The molecular formula is C13H15IN4O2. The number of hydrogen-bond acceptors (Lipinski definition) is 4. The summed E-state index contributed by atoms with van der Waals surface area (Å²) in [5.41, 5.74) is 1.89. The molecular weight excluding hydrogens is 371 g/mol. The molecule has 0 atom stereocenters. The number of nitro benzene ring substituents is 1. The Morgan fingerprint density at radius 1 is 1.50 bits per heavy atom. The van der Waals surface area contributed by atoms with Crippen LogP contribution >= 0.6 is 22.6 Å². The Kier molecular flexibility index (Phi) is 4.94. The molecule has 0 saturated carbocycles. The molecule has 106 valence electrons. The Bertz CT molecular complexity index is 612. The Labute approximate surface area is 130 Å². The van der Waals surface area contributed by atoms with Crippen molar-refractivity contribution in [3.8, 4) is 0 Å². The normalized spacial score (nSPS) is 10.5. The van der Waals surface area contributed by atoms with Gasteiger partial charge >= 0.3 is 0 Å². The number of halogens is 1. The van der Waals surface area contributed by atoms with E-state index in [9.17, 15) is 10.1 Å². The highest BCUT2D eigenvalue weighted by Crippen LogP contribution is 2.23. The average molecular weight is 386 g/mol. The second-order valence-electron chi connectivity index (χ2n) is 4.38. The van der Waals surface area contributed by atoms with Crippen LogP contribution in [0.25, 0.3) is 0 Å². The van der Waals surface area contributed by atoms with Crippen molar-refractivity contribution in [3.05, 3.63) is 49.8 Å². The zero-order valence-electron chi connectivity index (χ0n) is 11.0. The number of nitrogens with zero attached hydrogens (tertiary/aromatic N) is 3. The summed E-state index contributed by atoms with van der Waals surface area (Å²) in [6.07, 6.45) is 4.66. The molecule has 1 heterocycles. The molecule has 1 aromatic carbocycles. The summed E-state index contributed by atoms with van der Waals surface area (Å²) < 4.78 is 2.81. The predicted octanol–water partition coefficient (Wildman–Crippen LogP) is 3.27. The number of hydrogen-bond donors (Lipinski definition) is 1. The Morgan fingerprint density at radius 2 is 2.30 bits per heavy atom. The molecule has 0 spiro atoms. The quantitative estimate of drug-likeness (QED) is 0.470. The van der Waals surface area contributed by atoms with Crippen LogP contribution in [0.3, 0.4) is 0 Å². The molecule has 2 rings (SSSR count). The second kappa shape index (κ2) is 6.69. The average Bonchev–Trinajstić information content (AvgIpc) is 2.82. The van der Waals surface area contributed by atoms with Gasteiger partial charge in [0.05, 0.1) is 21.2 Å². The van der Waals surface area contributed by atoms with E-state index in [1.807, 2.05) is 6.20 Å². The molecule has 2 aromatic rings. The van der Waals surface area contributed by atoms with E-state index in [4.69, 9.17) is 0 Å². The largest absolute Gasteiger partial charge is 0.385 e. The number of nitro groups is 1. The van der Waals surface area contributed by atoms with Crippen molar-refractivity contribution < 1.29 is 4.92 Å². The lowest BCUT2D eigenvalue weighted by Crippen LogP contribution is -2.07. The Morgan fingerprint density at radius 3 is 2.90 bits per heavy atom. The van der Waals surface area contributed by atoms with Gasteiger partial charge in [-0.1, -0.05) is 6.92 Å². The first-order valence-corrected chi connectivity index (χ1v) is 7.37. The third-order valence-electron chi connectivity index (χ3n) is 2.80. The molecule has 0 bridgehead atoms. The molecule has 7 heteroatoms. The first-order valence-electron chi connectivity index (χ1n) is 6.29. The highest BCUT2D eigenvalue weighted by Gasteiger charge is 2.11. The Balaban J connectivity index is 2.30. The van der Waals surface area contributed by atoms with Gasteiger partial charge in [-0.3, -0.25) is 14.8 Å². The van der Waals surface area contributed by atoms with Crippen LogP contribution in [-0.4, -0.2) is 21.2 Å². The molecule has 0 unspecified atom stereocenters. The maximum absolute atomic E-state index is 10.9. The van der Waals surface area contributed by atoms with Gasteiger partial charge in [0.2, 0.25) is 0 Å². The van der Waals surface area contributed by atoms with E-state index in [-0.39, 0.29) is 10.6 Å². The highest BCUT2D eigenvalue weighted by molar-refractivity contribution is 14.1. The smallest absolute Gasteiger partial charge is 0.269 e. The molecule has 0 aliphatic carbocycles. The van der Waals surface area contributed by atoms with E-state index in [1.165, 1.54) is 6.07 Å². The number of non-ortho nitro benzene ring substituents is 1. The first kappa shape index (κ1) is 14.8. The summed E-state index contributed by atoms with van der Waals surface area (Å²) in [5.74, 6) is 0. The van der Waals surface area contributed by atoms with E-state index < -0.39 is 0 Å². The lowest BCUT2D eigenvalue weighted by molar-refractivity contribution is -0.384. The van der Waals surface area contributed by atoms with Crippen LogP contribution in [-0.2, 0) is 6.54 Å². The minimum absolute atomic E-state index is 0.101. The summed E-state index contributed by atoms with van der Waals surface area (Å²) in [4.78, 5) is 10.5. The monoisotopic (exact) mass is 386 g/mol. The van der Waals surface area contributed by atoms with Crippen molar-refractivity contribution in [1.29, 1.82) is 0 Å². The molecule has 0 radical (unpaired) electrons. The fraction of sp³-hybridized carbons (Fsp3) is 0.308. The van der Waals surface area contributed by atoms with E-state index in [2.05, 4.69) is 39.9 Å². The standard InChI is InChI=1S/C13H15IN4O2/c1-2-5-15-13-4-3-12(18(19)20)6-10(13)8-17-9-11(14)7-16-17/h3-4,6-7,9,15H,2,5,8H2,1H3. The van der Waals surface area contributed by atoms with Gasteiger partial charge in [-0.2, -0.15) is 5.10 Å². The summed E-state index contributed by atoms with van der Waals surface area (Å²) in [6, 6.07) is 4.89. The summed E-state index contributed by atoms with van der Waals surface area (Å²) in [6.45, 7) is 3.42. The predicted molar refractivity (Wildman–Crippen MR) is 85.9 cm³/mol. The van der Waals surface area contributed by atoms with Crippen molar-refractivity contribution in [3.63, 3.8) is 0 Å². The number of rotatable bonds is 6. The van der Waals surface area contributed by atoms with Crippen LogP contribution in [0.5, 0.6) is 0 Å². The highest BCUT2D eigenvalue weighted by atomic mass is 127. The molecule has 0 amide bonds. The van der Waals surface area contributed by atoms with Gasteiger partial charge < -0.3 is 5.32 Å². The summed E-state index contributed by atoms with van der Waals surface area (Å²) in [7, 11) is 0. The van der Waals surface area contributed by atoms with E-state index in [1.54, 1.807) is 23.0 Å². The maximum atomic E-state index is 10.9. The molecule has 0 aliphatic rings. The van der Waals surface area contributed by atoms with Crippen LogP contribution in [0.2, 0.25) is 0 Å². The lowest BCUT2D eigenvalue weighted by atomic mass is 10.1.